The quantitative estimate of drug-likeness (QED) is 0.286. The highest BCUT2D eigenvalue weighted by atomic mass is 32.2. The number of rotatable bonds is 5. The summed E-state index contributed by atoms with van der Waals surface area (Å²) in [5, 5.41) is 12.7. The van der Waals surface area contributed by atoms with E-state index in [0.29, 0.717) is 51.3 Å². The SMILES string of the molecule is O=C1CCCC2=C1[C@H](c1ccsc1)CC(=O)N2c1nnc(SCc2cccc(C(F)(F)F)c2)s1. The monoisotopic (exact) mass is 521 g/mol. The average Bonchev–Trinajstić information content (AvgIpc) is 3.49. The summed E-state index contributed by atoms with van der Waals surface area (Å²) >= 11 is 4.01. The Morgan fingerprint density at radius 3 is 2.76 bits per heavy atom. The first-order valence-electron chi connectivity index (χ1n) is 10.5. The summed E-state index contributed by atoms with van der Waals surface area (Å²) in [5.41, 5.74) is 2.21. The van der Waals surface area contributed by atoms with Gasteiger partial charge in [-0.2, -0.15) is 24.5 Å². The van der Waals surface area contributed by atoms with Gasteiger partial charge < -0.3 is 0 Å². The fourth-order valence-electron chi connectivity index (χ4n) is 4.31. The molecular formula is C23H18F3N3O2S3. The van der Waals surface area contributed by atoms with Crippen molar-refractivity contribution < 1.29 is 22.8 Å². The maximum absolute atomic E-state index is 13.2. The Bertz CT molecular complexity index is 1270. The van der Waals surface area contributed by atoms with Gasteiger partial charge in [-0.1, -0.05) is 41.3 Å². The van der Waals surface area contributed by atoms with Gasteiger partial charge in [-0.3, -0.25) is 14.5 Å². The molecule has 0 bridgehead atoms. The number of anilines is 1. The summed E-state index contributed by atoms with van der Waals surface area (Å²) in [6.45, 7) is 0. The van der Waals surface area contributed by atoms with E-state index < -0.39 is 11.7 Å². The van der Waals surface area contributed by atoms with E-state index in [2.05, 4.69) is 10.2 Å². The van der Waals surface area contributed by atoms with Gasteiger partial charge in [0.25, 0.3) is 0 Å². The predicted molar refractivity (Wildman–Crippen MR) is 126 cm³/mol. The molecule has 0 saturated heterocycles. The Morgan fingerprint density at radius 1 is 1.15 bits per heavy atom. The minimum absolute atomic E-state index is 0.0682. The molecule has 3 aromatic rings. The molecule has 34 heavy (non-hydrogen) atoms. The normalized spacial score (nSPS) is 19.0. The van der Waals surface area contributed by atoms with Gasteiger partial charge in [-0.15, -0.1) is 10.2 Å². The summed E-state index contributed by atoms with van der Waals surface area (Å²) in [7, 11) is 0. The van der Waals surface area contributed by atoms with Gasteiger partial charge in [0.1, 0.15) is 0 Å². The van der Waals surface area contributed by atoms with Crippen LogP contribution in [0.3, 0.4) is 0 Å². The zero-order chi connectivity index (χ0) is 23.9. The zero-order valence-electron chi connectivity index (χ0n) is 17.7. The van der Waals surface area contributed by atoms with E-state index in [1.54, 1.807) is 6.07 Å². The average molecular weight is 522 g/mol. The fourth-order valence-corrected chi connectivity index (χ4v) is 6.85. The van der Waals surface area contributed by atoms with Gasteiger partial charge >= 0.3 is 6.18 Å². The number of carbonyl (C=O) groups is 2. The van der Waals surface area contributed by atoms with E-state index in [1.807, 2.05) is 16.8 Å². The van der Waals surface area contributed by atoms with Crippen LogP contribution in [0.5, 0.6) is 0 Å². The number of Topliss-reactive ketones (excluding diaryl/α,β-unsaturated/α-hetero) is 1. The molecule has 2 aliphatic rings. The Labute approximate surface area is 205 Å². The Hall–Kier alpha value is -2.50. The fraction of sp³-hybridized carbons (Fsp3) is 0.304. The lowest BCUT2D eigenvalue weighted by Crippen LogP contribution is -2.40. The third-order valence-corrected chi connectivity index (χ3v) is 8.64. The van der Waals surface area contributed by atoms with Crippen molar-refractivity contribution in [2.45, 2.75) is 47.9 Å². The topological polar surface area (TPSA) is 63.2 Å². The van der Waals surface area contributed by atoms with Gasteiger partial charge in [0.15, 0.2) is 10.1 Å². The largest absolute Gasteiger partial charge is 0.416 e. The van der Waals surface area contributed by atoms with Crippen molar-refractivity contribution in [1.29, 1.82) is 0 Å². The van der Waals surface area contributed by atoms with E-state index in [4.69, 9.17) is 0 Å². The molecule has 1 aliphatic carbocycles. The molecule has 3 heterocycles. The molecule has 176 valence electrons. The Kier molecular flexibility index (Phi) is 6.34. The van der Waals surface area contributed by atoms with E-state index in [-0.39, 0.29) is 24.0 Å². The van der Waals surface area contributed by atoms with Crippen LogP contribution in [0.1, 0.15) is 48.3 Å². The summed E-state index contributed by atoms with van der Waals surface area (Å²) in [4.78, 5) is 27.6. The van der Waals surface area contributed by atoms with Crippen LogP contribution in [0.4, 0.5) is 18.3 Å². The number of aromatic nitrogens is 2. The van der Waals surface area contributed by atoms with Gasteiger partial charge in [0.2, 0.25) is 11.0 Å². The minimum atomic E-state index is -4.39. The second-order valence-electron chi connectivity index (χ2n) is 8.02. The number of thiophene rings is 1. The molecule has 0 saturated carbocycles. The molecule has 5 rings (SSSR count). The first kappa shape index (κ1) is 23.3. The van der Waals surface area contributed by atoms with Crippen molar-refractivity contribution in [2.75, 3.05) is 4.90 Å². The van der Waals surface area contributed by atoms with Crippen LogP contribution in [-0.4, -0.2) is 21.9 Å². The molecule has 1 aliphatic heterocycles. The number of benzene rings is 1. The third-order valence-electron chi connectivity index (χ3n) is 5.82. The molecule has 0 radical (unpaired) electrons. The number of ketones is 1. The van der Waals surface area contributed by atoms with Crippen molar-refractivity contribution in [3.05, 3.63) is 69.1 Å². The molecule has 2 aromatic heterocycles. The summed E-state index contributed by atoms with van der Waals surface area (Å²) in [5.74, 6) is -0.00610. The highest BCUT2D eigenvalue weighted by molar-refractivity contribution is 8.00. The third kappa shape index (κ3) is 4.56. The van der Waals surface area contributed by atoms with Gasteiger partial charge in [0.05, 0.1) is 5.56 Å². The lowest BCUT2D eigenvalue weighted by Gasteiger charge is -2.36. The van der Waals surface area contributed by atoms with Crippen molar-refractivity contribution in [2.24, 2.45) is 0 Å². The number of hydrogen-bond donors (Lipinski definition) is 0. The number of carbonyl (C=O) groups excluding carboxylic acids is 2. The maximum atomic E-state index is 13.2. The van der Waals surface area contributed by atoms with Crippen LogP contribution in [0.15, 0.2) is 56.7 Å². The molecular weight excluding hydrogens is 503 g/mol. The smallest absolute Gasteiger partial charge is 0.294 e. The molecule has 1 aromatic carbocycles. The highest BCUT2D eigenvalue weighted by Crippen LogP contribution is 2.45. The second kappa shape index (κ2) is 9.27. The number of thioether (sulfide) groups is 1. The highest BCUT2D eigenvalue weighted by Gasteiger charge is 2.41. The first-order chi connectivity index (χ1) is 16.3. The van der Waals surface area contributed by atoms with Crippen LogP contribution in [0.25, 0.3) is 0 Å². The van der Waals surface area contributed by atoms with Crippen LogP contribution < -0.4 is 4.90 Å². The van der Waals surface area contributed by atoms with Crippen LogP contribution >= 0.6 is 34.4 Å². The zero-order valence-corrected chi connectivity index (χ0v) is 20.1. The van der Waals surface area contributed by atoms with E-state index in [9.17, 15) is 22.8 Å². The van der Waals surface area contributed by atoms with Crippen molar-refractivity contribution >= 4 is 51.3 Å². The van der Waals surface area contributed by atoms with Crippen LogP contribution in [0, 0.1) is 0 Å². The molecule has 0 N–H and O–H groups in total. The standard InChI is InChI=1S/C23H18F3N3O2S3/c24-23(25,26)15-4-1-3-13(9-15)11-33-22-28-27-21(34-22)29-17-5-2-6-18(30)20(17)16(10-19(29)31)14-7-8-32-12-14/h1,3-4,7-9,12,16H,2,5-6,10-11H2/t16-/m0/s1. The Morgan fingerprint density at radius 2 is 2.00 bits per heavy atom. The summed E-state index contributed by atoms with van der Waals surface area (Å²) in [6.07, 6.45) is -2.45. The number of allylic oxidation sites excluding steroid dienone is 2. The van der Waals surface area contributed by atoms with Crippen LogP contribution in [0.2, 0.25) is 0 Å². The minimum Gasteiger partial charge on any atom is -0.294 e. The molecule has 5 nitrogen and oxygen atoms in total. The number of halogens is 3. The van der Waals surface area contributed by atoms with E-state index in [1.165, 1.54) is 45.4 Å². The lowest BCUT2D eigenvalue weighted by atomic mass is 9.78. The van der Waals surface area contributed by atoms with Crippen molar-refractivity contribution in [3.63, 3.8) is 0 Å². The van der Waals surface area contributed by atoms with Crippen molar-refractivity contribution in [3.8, 4) is 0 Å². The first-order valence-corrected chi connectivity index (χ1v) is 13.3. The van der Waals surface area contributed by atoms with Gasteiger partial charge in [-0.25, -0.2) is 0 Å². The molecule has 1 atom stereocenters. The molecule has 1 amide bonds. The number of hydrogen-bond acceptors (Lipinski definition) is 7. The second-order valence-corrected chi connectivity index (χ2v) is 11.0. The molecule has 0 unspecified atom stereocenters. The molecule has 0 spiro atoms. The van der Waals surface area contributed by atoms with E-state index in [0.717, 1.165) is 17.7 Å². The van der Waals surface area contributed by atoms with Gasteiger partial charge in [-0.05, 0) is 46.9 Å². The number of nitrogens with zero attached hydrogens (tertiary/aromatic N) is 3. The maximum Gasteiger partial charge on any atom is 0.416 e. The molecule has 11 heteroatoms. The van der Waals surface area contributed by atoms with E-state index >= 15 is 0 Å². The Balaban J connectivity index is 1.39. The summed E-state index contributed by atoms with van der Waals surface area (Å²) < 4.78 is 39.4. The molecule has 0 fully saturated rings. The van der Waals surface area contributed by atoms with Crippen molar-refractivity contribution in [1.82, 2.24) is 10.2 Å². The van der Waals surface area contributed by atoms with Crippen LogP contribution in [-0.2, 0) is 21.5 Å². The summed E-state index contributed by atoms with van der Waals surface area (Å²) in [6, 6.07) is 7.14. The number of amides is 1. The predicted octanol–water partition coefficient (Wildman–Crippen LogP) is 6.44. The van der Waals surface area contributed by atoms with Gasteiger partial charge in [0, 0.05) is 35.8 Å². The number of alkyl halides is 3. The lowest BCUT2D eigenvalue weighted by molar-refractivity contribution is -0.137.